The zero-order valence-corrected chi connectivity index (χ0v) is 11.8. The largest absolute Gasteiger partial charge is 0.355 e. The number of rotatable bonds is 5. The van der Waals surface area contributed by atoms with Gasteiger partial charge in [0.15, 0.2) is 0 Å². The molecule has 0 saturated heterocycles. The zero-order chi connectivity index (χ0) is 14.3. The van der Waals surface area contributed by atoms with Crippen LogP contribution in [0.4, 0.5) is 0 Å². The minimum atomic E-state index is -0.790. The van der Waals surface area contributed by atoms with E-state index in [1.54, 1.807) is 12.4 Å². The van der Waals surface area contributed by atoms with Crippen LogP contribution in [-0.2, 0) is 11.2 Å². The Morgan fingerprint density at radius 1 is 1.40 bits per heavy atom. The van der Waals surface area contributed by atoms with Crippen LogP contribution in [0.25, 0.3) is 0 Å². The van der Waals surface area contributed by atoms with E-state index in [4.69, 9.17) is 0 Å². The van der Waals surface area contributed by atoms with E-state index in [0.29, 0.717) is 19.4 Å². The predicted molar refractivity (Wildman–Crippen MR) is 75.7 cm³/mol. The fourth-order valence-corrected chi connectivity index (χ4v) is 2.78. The standard InChI is InChI=1S/C15H22N4O/c16-12-15(7-3-1-2-4-8-15)14(20)19-9-5-6-13-17-10-11-18-13/h10-11H,1-9H2,(H,17,18)(H,19,20). The maximum Gasteiger partial charge on any atom is 0.240 e. The van der Waals surface area contributed by atoms with Crippen LogP contribution in [0.1, 0.15) is 50.8 Å². The number of nitriles is 1. The fourth-order valence-electron chi connectivity index (χ4n) is 2.78. The molecule has 0 radical (unpaired) electrons. The number of carbonyl (C=O) groups is 1. The summed E-state index contributed by atoms with van der Waals surface area (Å²) in [6, 6.07) is 2.28. The molecule has 2 N–H and O–H groups in total. The van der Waals surface area contributed by atoms with Crippen molar-refractivity contribution in [3.8, 4) is 6.07 Å². The number of amides is 1. The lowest BCUT2D eigenvalue weighted by atomic mass is 9.81. The molecule has 1 aliphatic rings. The van der Waals surface area contributed by atoms with Gasteiger partial charge in [-0.05, 0) is 19.3 Å². The lowest BCUT2D eigenvalue weighted by Gasteiger charge is -2.23. The quantitative estimate of drug-likeness (QED) is 0.638. The third-order valence-corrected chi connectivity index (χ3v) is 4.04. The van der Waals surface area contributed by atoms with Crippen molar-refractivity contribution < 1.29 is 4.79 Å². The van der Waals surface area contributed by atoms with Gasteiger partial charge in [0.25, 0.3) is 0 Å². The Morgan fingerprint density at radius 2 is 2.15 bits per heavy atom. The Kier molecular flexibility index (Phi) is 5.16. The number of hydrogen-bond donors (Lipinski definition) is 2. The number of H-pyrrole nitrogens is 1. The van der Waals surface area contributed by atoms with E-state index in [1.807, 2.05) is 0 Å². The van der Waals surface area contributed by atoms with Crippen LogP contribution < -0.4 is 5.32 Å². The number of aromatic nitrogens is 2. The Hall–Kier alpha value is -1.83. The predicted octanol–water partition coefficient (Wildman–Crippen LogP) is 2.32. The number of carbonyl (C=O) groups excluding carboxylic acids is 1. The molecule has 1 aromatic heterocycles. The first-order chi connectivity index (χ1) is 9.77. The summed E-state index contributed by atoms with van der Waals surface area (Å²) in [7, 11) is 0. The minimum absolute atomic E-state index is 0.0821. The first kappa shape index (κ1) is 14.6. The van der Waals surface area contributed by atoms with Crippen molar-refractivity contribution in [3.63, 3.8) is 0 Å². The van der Waals surface area contributed by atoms with E-state index in [1.165, 1.54) is 0 Å². The number of aryl methyl sites for hydroxylation is 1. The number of hydrogen-bond acceptors (Lipinski definition) is 3. The molecule has 1 aliphatic carbocycles. The van der Waals surface area contributed by atoms with Crippen LogP contribution >= 0.6 is 0 Å². The molecule has 2 rings (SSSR count). The molecule has 20 heavy (non-hydrogen) atoms. The van der Waals surface area contributed by atoms with Crippen LogP contribution in [0.15, 0.2) is 12.4 Å². The maximum atomic E-state index is 12.3. The number of nitrogens with one attached hydrogen (secondary N) is 2. The summed E-state index contributed by atoms with van der Waals surface area (Å²) < 4.78 is 0. The highest BCUT2D eigenvalue weighted by Gasteiger charge is 2.38. The summed E-state index contributed by atoms with van der Waals surface area (Å²) in [6.07, 6.45) is 10.8. The summed E-state index contributed by atoms with van der Waals surface area (Å²) in [6.45, 7) is 0.600. The van der Waals surface area contributed by atoms with E-state index in [2.05, 4.69) is 21.4 Å². The maximum absolute atomic E-state index is 12.3. The van der Waals surface area contributed by atoms with Crippen LogP contribution in [0.2, 0.25) is 0 Å². The minimum Gasteiger partial charge on any atom is -0.355 e. The van der Waals surface area contributed by atoms with Crippen molar-refractivity contribution in [3.05, 3.63) is 18.2 Å². The van der Waals surface area contributed by atoms with Crippen molar-refractivity contribution in [2.24, 2.45) is 5.41 Å². The molecule has 0 atom stereocenters. The van der Waals surface area contributed by atoms with Crippen LogP contribution in [0.5, 0.6) is 0 Å². The Morgan fingerprint density at radius 3 is 2.75 bits per heavy atom. The third kappa shape index (κ3) is 3.60. The zero-order valence-electron chi connectivity index (χ0n) is 11.8. The Balaban J connectivity index is 1.79. The lowest BCUT2D eigenvalue weighted by Crippen LogP contribution is -2.40. The Bertz CT molecular complexity index is 453. The molecule has 5 nitrogen and oxygen atoms in total. The Labute approximate surface area is 119 Å². The van der Waals surface area contributed by atoms with Gasteiger partial charge in [-0.25, -0.2) is 4.98 Å². The molecule has 0 unspecified atom stereocenters. The number of aromatic amines is 1. The van der Waals surface area contributed by atoms with Crippen LogP contribution in [0, 0.1) is 16.7 Å². The van der Waals surface area contributed by atoms with Crippen molar-refractivity contribution in [1.82, 2.24) is 15.3 Å². The topological polar surface area (TPSA) is 81.6 Å². The first-order valence-corrected chi connectivity index (χ1v) is 7.45. The first-order valence-electron chi connectivity index (χ1n) is 7.45. The van der Waals surface area contributed by atoms with E-state index in [9.17, 15) is 10.1 Å². The van der Waals surface area contributed by atoms with Crippen LogP contribution in [0.3, 0.4) is 0 Å². The van der Waals surface area contributed by atoms with Gasteiger partial charge in [0.2, 0.25) is 5.91 Å². The molecule has 0 aliphatic heterocycles. The van der Waals surface area contributed by atoms with Gasteiger partial charge in [0, 0.05) is 25.4 Å². The average Bonchev–Trinajstić information content (AvgIpc) is 2.86. The third-order valence-electron chi connectivity index (χ3n) is 4.04. The highest BCUT2D eigenvalue weighted by atomic mass is 16.2. The van der Waals surface area contributed by atoms with Gasteiger partial charge in [0.05, 0.1) is 6.07 Å². The normalized spacial score (nSPS) is 17.9. The molecule has 1 saturated carbocycles. The smallest absolute Gasteiger partial charge is 0.240 e. The van der Waals surface area contributed by atoms with Gasteiger partial charge in [-0.1, -0.05) is 25.7 Å². The van der Waals surface area contributed by atoms with E-state index in [0.717, 1.165) is 44.3 Å². The molecule has 0 bridgehead atoms. The van der Waals surface area contributed by atoms with E-state index >= 15 is 0 Å². The van der Waals surface area contributed by atoms with Crippen LogP contribution in [-0.4, -0.2) is 22.4 Å². The van der Waals surface area contributed by atoms with Crippen molar-refractivity contribution in [2.45, 2.75) is 51.4 Å². The molecule has 1 amide bonds. The summed E-state index contributed by atoms with van der Waals surface area (Å²) in [5.41, 5.74) is -0.790. The monoisotopic (exact) mass is 274 g/mol. The van der Waals surface area contributed by atoms with Gasteiger partial charge >= 0.3 is 0 Å². The fraction of sp³-hybridized carbons (Fsp3) is 0.667. The molecule has 1 aromatic rings. The molecule has 1 fully saturated rings. The van der Waals surface area contributed by atoms with Crippen molar-refractivity contribution in [2.75, 3.05) is 6.54 Å². The van der Waals surface area contributed by atoms with E-state index in [-0.39, 0.29) is 5.91 Å². The lowest BCUT2D eigenvalue weighted by molar-refractivity contribution is -0.128. The SMILES string of the molecule is N#CC1(C(=O)NCCCc2ncc[nH]2)CCCCCC1. The molecular weight excluding hydrogens is 252 g/mol. The molecule has 0 spiro atoms. The van der Waals surface area contributed by atoms with Gasteiger partial charge in [-0.3, -0.25) is 4.79 Å². The van der Waals surface area contributed by atoms with E-state index < -0.39 is 5.41 Å². The second-order valence-electron chi connectivity index (χ2n) is 5.50. The highest BCUT2D eigenvalue weighted by Crippen LogP contribution is 2.34. The molecule has 0 aromatic carbocycles. The highest BCUT2D eigenvalue weighted by molar-refractivity contribution is 5.85. The molecule has 108 valence electrons. The summed E-state index contributed by atoms with van der Waals surface area (Å²) in [5.74, 6) is 0.852. The second kappa shape index (κ2) is 7.09. The molecule has 5 heteroatoms. The summed E-state index contributed by atoms with van der Waals surface area (Å²) in [4.78, 5) is 19.5. The van der Waals surface area contributed by atoms with Gasteiger partial charge in [-0.15, -0.1) is 0 Å². The second-order valence-corrected chi connectivity index (χ2v) is 5.50. The molecule has 1 heterocycles. The summed E-state index contributed by atoms with van der Waals surface area (Å²) >= 11 is 0. The van der Waals surface area contributed by atoms with Gasteiger partial charge in [-0.2, -0.15) is 5.26 Å². The molecular formula is C15H22N4O. The van der Waals surface area contributed by atoms with Crippen molar-refractivity contribution in [1.29, 1.82) is 5.26 Å². The number of imidazole rings is 1. The van der Waals surface area contributed by atoms with Crippen molar-refractivity contribution >= 4 is 5.91 Å². The summed E-state index contributed by atoms with van der Waals surface area (Å²) in [5, 5.41) is 12.3. The van der Waals surface area contributed by atoms with Gasteiger partial charge < -0.3 is 10.3 Å². The average molecular weight is 274 g/mol. The number of nitrogens with zero attached hydrogens (tertiary/aromatic N) is 2. The van der Waals surface area contributed by atoms with Gasteiger partial charge in [0.1, 0.15) is 11.2 Å².